The minimum atomic E-state index is -0.0950. The van der Waals surface area contributed by atoms with Crippen LogP contribution in [0.3, 0.4) is 0 Å². The van der Waals surface area contributed by atoms with Gasteiger partial charge in [0.2, 0.25) is 0 Å². The normalized spacial score (nSPS) is 14.7. The topological polar surface area (TPSA) is 61.3 Å². The van der Waals surface area contributed by atoms with Gasteiger partial charge in [0.25, 0.3) is 0 Å². The number of hydrogen-bond acceptors (Lipinski definition) is 3. The summed E-state index contributed by atoms with van der Waals surface area (Å²) in [6, 6.07) is 5.72. The molecule has 0 bridgehead atoms. The van der Waals surface area contributed by atoms with E-state index >= 15 is 0 Å². The van der Waals surface area contributed by atoms with Gasteiger partial charge >= 0.3 is 0 Å². The van der Waals surface area contributed by atoms with Crippen molar-refractivity contribution in [2.45, 2.75) is 13.0 Å². The average Bonchev–Trinajstić information content (AvgIpc) is 2.27. The number of rotatable bonds is 4. The van der Waals surface area contributed by atoms with E-state index in [2.05, 4.69) is 15.9 Å². The molecule has 0 spiro atoms. The molecule has 4 N–H and O–H groups in total. The molecule has 0 aliphatic heterocycles. The molecule has 3 nitrogen and oxygen atoms in total. The maximum absolute atomic E-state index is 6.11. The highest BCUT2D eigenvalue weighted by Gasteiger charge is 2.17. The number of halogens is 1. The third-order valence-electron chi connectivity index (χ3n) is 2.54. The van der Waals surface area contributed by atoms with Crippen molar-refractivity contribution in [2.75, 3.05) is 13.7 Å². The van der Waals surface area contributed by atoms with Gasteiger partial charge in [-0.05, 0) is 30.7 Å². The van der Waals surface area contributed by atoms with Crippen molar-refractivity contribution in [3.8, 4) is 5.75 Å². The zero-order valence-corrected chi connectivity index (χ0v) is 10.6. The Balaban J connectivity index is 3.05. The molecule has 2 unspecified atom stereocenters. The van der Waals surface area contributed by atoms with Crippen LogP contribution in [0.1, 0.15) is 18.5 Å². The smallest absolute Gasteiger partial charge is 0.123 e. The van der Waals surface area contributed by atoms with Crippen molar-refractivity contribution in [1.82, 2.24) is 0 Å². The molecule has 0 amide bonds. The van der Waals surface area contributed by atoms with Crippen LogP contribution >= 0.6 is 15.9 Å². The lowest BCUT2D eigenvalue weighted by Crippen LogP contribution is -2.25. The second-order valence-electron chi connectivity index (χ2n) is 3.63. The van der Waals surface area contributed by atoms with Crippen LogP contribution in [0.2, 0.25) is 0 Å². The molecule has 1 rings (SSSR count). The van der Waals surface area contributed by atoms with Crippen molar-refractivity contribution in [3.63, 3.8) is 0 Å². The lowest BCUT2D eigenvalue weighted by Gasteiger charge is -2.21. The first-order chi connectivity index (χ1) is 7.10. The Kier molecular flexibility index (Phi) is 4.57. The Morgan fingerprint density at radius 1 is 1.47 bits per heavy atom. The summed E-state index contributed by atoms with van der Waals surface area (Å²) in [5.74, 6) is 1.04. The summed E-state index contributed by atoms with van der Waals surface area (Å²) in [5.41, 5.74) is 12.7. The fraction of sp³-hybridized carbons (Fsp3) is 0.455. The largest absolute Gasteiger partial charge is 0.496 e. The van der Waals surface area contributed by atoms with Crippen LogP contribution < -0.4 is 16.2 Å². The monoisotopic (exact) mass is 272 g/mol. The Bertz CT molecular complexity index is 330. The van der Waals surface area contributed by atoms with Crippen molar-refractivity contribution in [2.24, 2.45) is 17.4 Å². The molecule has 0 aliphatic rings. The van der Waals surface area contributed by atoms with Gasteiger partial charge in [0, 0.05) is 16.1 Å². The fourth-order valence-electron chi connectivity index (χ4n) is 1.42. The fourth-order valence-corrected chi connectivity index (χ4v) is 1.80. The molecule has 0 aromatic heterocycles. The maximum Gasteiger partial charge on any atom is 0.123 e. The van der Waals surface area contributed by atoms with E-state index in [9.17, 15) is 0 Å². The molecular formula is C11H17BrN2O. The second-order valence-corrected chi connectivity index (χ2v) is 4.54. The van der Waals surface area contributed by atoms with Crippen molar-refractivity contribution in [3.05, 3.63) is 28.2 Å². The lowest BCUT2D eigenvalue weighted by atomic mass is 9.95. The number of benzene rings is 1. The third-order valence-corrected chi connectivity index (χ3v) is 3.03. The van der Waals surface area contributed by atoms with E-state index in [4.69, 9.17) is 16.2 Å². The predicted molar refractivity (Wildman–Crippen MR) is 65.8 cm³/mol. The van der Waals surface area contributed by atoms with Gasteiger partial charge in [0.05, 0.1) is 7.11 Å². The molecular weight excluding hydrogens is 256 g/mol. The predicted octanol–water partition coefficient (Wildman–Crippen LogP) is 2.05. The summed E-state index contributed by atoms with van der Waals surface area (Å²) < 4.78 is 6.27. The first-order valence-corrected chi connectivity index (χ1v) is 5.68. The third kappa shape index (κ3) is 2.93. The highest BCUT2D eigenvalue weighted by atomic mass is 79.9. The Hall–Kier alpha value is -0.580. The SMILES string of the molecule is COc1ccc(Br)cc1C(N)C(C)CN. The van der Waals surface area contributed by atoms with Crippen molar-refractivity contribution >= 4 is 15.9 Å². The van der Waals surface area contributed by atoms with Crippen LogP contribution in [0.25, 0.3) is 0 Å². The van der Waals surface area contributed by atoms with Crippen LogP contribution in [0.5, 0.6) is 5.75 Å². The summed E-state index contributed by atoms with van der Waals surface area (Å²) in [5, 5.41) is 0. The Morgan fingerprint density at radius 2 is 2.13 bits per heavy atom. The van der Waals surface area contributed by atoms with Crippen molar-refractivity contribution < 1.29 is 4.74 Å². The number of nitrogens with two attached hydrogens (primary N) is 2. The molecule has 15 heavy (non-hydrogen) atoms. The minimum absolute atomic E-state index is 0.0950. The summed E-state index contributed by atoms with van der Waals surface area (Å²) >= 11 is 3.42. The summed E-state index contributed by atoms with van der Waals surface area (Å²) in [4.78, 5) is 0. The highest BCUT2D eigenvalue weighted by molar-refractivity contribution is 9.10. The minimum Gasteiger partial charge on any atom is -0.496 e. The van der Waals surface area contributed by atoms with Crippen LogP contribution in [0.4, 0.5) is 0 Å². The van der Waals surface area contributed by atoms with E-state index in [1.165, 1.54) is 0 Å². The Morgan fingerprint density at radius 3 is 2.67 bits per heavy atom. The second kappa shape index (κ2) is 5.49. The molecule has 0 saturated heterocycles. The van der Waals surface area contributed by atoms with Gasteiger partial charge in [0.15, 0.2) is 0 Å². The van der Waals surface area contributed by atoms with Crippen LogP contribution in [-0.2, 0) is 0 Å². The molecule has 4 heteroatoms. The van der Waals surface area contributed by atoms with Gasteiger partial charge in [-0.3, -0.25) is 0 Å². The van der Waals surface area contributed by atoms with Crippen LogP contribution in [-0.4, -0.2) is 13.7 Å². The summed E-state index contributed by atoms with van der Waals surface area (Å²) in [6.45, 7) is 2.60. The molecule has 0 radical (unpaired) electrons. The van der Waals surface area contributed by atoms with Gasteiger partial charge in [-0.25, -0.2) is 0 Å². The maximum atomic E-state index is 6.11. The van der Waals surface area contributed by atoms with Gasteiger partial charge in [0.1, 0.15) is 5.75 Å². The highest BCUT2D eigenvalue weighted by Crippen LogP contribution is 2.30. The molecule has 2 atom stereocenters. The van der Waals surface area contributed by atoms with Crippen LogP contribution in [0, 0.1) is 5.92 Å². The summed E-state index contributed by atoms with van der Waals surface area (Å²) in [7, 11) is 1.65. The molecule has 0 heterocycles. The van der Waals surface area contributed by atoms with Gasteiger partial charge in [-0.2, -0.15) is 0 Å². The van der Waals surface area contributed by atoms with E-state index in [1.54, 1.807) is 7.11 Å². The van der Waals surface area contributed by atoms with Gasteiger partial charge in [-0.15, -0.1) is 0 Å². The molecule has 0 fully saturated rings. The standard InChI is InChI=1S/C11H17BrN2O/c1-7(6-13)11(14)9-5-8(12)3-4-10(9)15-2/h3-5,7,11H,6,13-14H2,1-2H3. The zero-order chi connectivity index (χ0) is 11.4. The lowest BCUT2D eigenvalue weighted by molar-refractivity contribution is 0.392. The first kappa shape index (κ1) is 12.5. The van der Waals surface area contributed by atoms with E-state index in [0.717, 1.165) is 15.8 Å². The molecule has 1 aromatic rings. The van der Waals surface area contributed by atoms with Gasteiger partial charge in [-0.1, -0.05) is 22.9 Å². The van der Waals surface area contributed by atoms with E-state index < -0.39 is 0 Å². The molecule has 1 aromatic carbocycles. The molecule has 0 aliphatic carbocycles. The van der Waals surface area contributed by atoms with E-state index in [-0.39, 0.29) is 12.0 Å². The quantitative estimate of drug-likeness (QED) is 0.882. The number of ether oxygens (including phenoxy) is 1. The number of hydrogen-bond donors (Lipinski definition) is 2. The van der Waals surface area contributed by atoms with Gasteiger partial charge < -0.3 is 16.2 Å². The number of methoxy groups -OCH3 is 1. The Labute approximate surface area is 98.9 Å². The zero-order valence-electron chi connectivity index (χ0n) is 9.03. The first-order valence-electron chi connectivity index (χ1n) is 4.89. The molecule has 84 valence electrons. The molecule has 0 saturated carbocycles. The average molecular weight is 273 g/mol. The summed E-state index contributed by atoms with van der Waals surface area (Å²) in [6.07, 6.45) is 0. The van der Waals surface area contributed by atoms with Crippen molar-refractivity contribution in [1.29, 1.82) is 0 Å². The van der Waals surface area contributed by atoms with E-state index in [1.807, 2.05) is 25.1 Å². The van der Waals surface area contributed by atoms with E-state index in [0.29, 0.717) is 6.54 Å². The van der Waals surface area contributed by atoms with Crippen LogP contribution in [0.15, 0.2) is 22.7 Å².